The zero-order valence-electron chi connectivity index (χ0n) is 15.5. The lowest BCUT2D eigenvalue weighted by Crippen LogP contribution is -2.49. The highest BCUT2D eigenvalue weighted by atomic mass is 16.5. The second-order valence-electron chi connectivity index (χ2n) is 7.03. The van der Waals surface area contributed by atoms with Gasteiger partial charge in [0, 0.05) is 38.2 Å². The molecule has 0 aliphatic carbocycles. The number of piperazine rings is 1. The number of hydrogen-bond donors (Lipinski definition) is 1. The summed E-state index contributed by atoms with van der Waals surface area (Å²) >= 11 is 0. The lowest BCUT2D eigenvalue weighted by atomic mass is 9.99. The highest BCUT2D eigenvalue weighted by Gasteiger charge is 2.32. The van der Waals surface area contributed by atoms with Gasteiger partial charge in [-0.3, -0.25) is 9.89 Å². The van der Waals surface area contributed by atoms with Gasteiger partial charge in [-0.1, -0.05) is 6.07 Å². The summed E-state index contributed by atoms with van der Waals surface area (Å²) < 4.78 is 5.80. The molecule has 2 aliphatic heterocycles. The number of amides is 1. The molecule has 0 spiro atoms. The number of carbonyl (C=O) groups is 1. The van der Waals surface area contributed by atoms with Crippen molar-refractivity contribution in [3.05, 3.63) is 40.8 Å². The molecule has 2 aromatic heterocycles. The Labute approximate surface area is 157 Å². The molecule has 0 unspecified atom stereocenters. The van der Waals surface area contributed by atoms with Gasteiger partial charge in [0.05, 0.1) is 17.9 Å². The molecule has 4 heterocycles. The first-order valence-corrected chi connectivity index (χ1v) is 9.20. The largest absolute Gasteiger partial charge is 0.369 e. The van der Waals surface area contributed by atoms with Gasteiger partial charge in [-0.2, -0.15) is 10.4 Å². The standard InChI is InChI=1S/C19H22N6O2/c1-12-10-15-17(13(2)27-12)22-23-18(15)19(26)25-8-6-24(7-9-25)16-5-3-4-14(11-20)21-16/h3-5,12-13H,6-10H2,1-2H3,(H,22,23)/t12-,13+/m1/s1. The monoisotopic (exact) mass is 366 g/mol. The number of nitriles is 1. The van der Waals surface area contributed by atoms with Gasteiger partial charge in [0.1, 0.15) is 17.6 Å². The number of rotatable bonds is 2. The molecule has 1 fully saturated rings. The maximum Gasteiger partial charge on any atom is 0.274 e. The number of nitrogens with one attached hydrogen (secondary N) is 1. The second-order valence-corrected chi connectivity index (χ2v) is 7.03. The van der Waals surface area contributed by atoms with E-state index >= 15 is 0 Å². The Morgan fingerprint density at radius 3 is 2.81 bits per heavy atom. The van der Waals surface area contributed by atoms with Crippen LogP contribution in [0.25, 0.3) is 0 Å². The molecule has 0 aromatic carbocycles. The van der Waals surface area contributed by atoms with E-state index in [4.69, 9.17) is 10.00 Å². The maximum absolute atomic E-state index is 13.0. The van der Waals surface area contributed by atoms with Gasteiger partial charge < -0.3 is 14.5 Å². The number of hydrogen-bond acceptors (Lipinski definition) is 6. The van der Waals surface area contributed by atoms with Gasteiger partial charge in [0.15, 0.2) is 5.69 Å². The predicted molar refractivity (Wildman–Crippen MR) is 98.3 cm³/mol. The van der Waals surface area contributed by atoms with Crippen LogP contribution in [0.5, 0.6) is 0 Å². The molecular formula is C19H22N6O2. The molecule has 2 aliphatic rings. The number of anilines is 1. The molecule has 27 heavy (non-hydrogen) atoms. The van der Waals surface area contributed by atoms with Crippen molar-refractivity contribution in [2.24, 2.45) is 0 Å². The molecule has 2 aromatic rings. The van der Waals surface area contributed by atoms with Crippen LogP contribution < -0.4 is 4.90 Å². The summed E-state index contributed by atoms with van der Waals surface area (Å²) in [6.45, 7) is 6.54. The summed E-state index contributed by atoms with van der Waals surface area (Å²) in [6.07, 6.45) is 0.697. The lowest BCUT2D eigenvalue weighted by molar-refractivity contribution is -0.00702. The molecule has 140 valence electrons. The van der Waals surface area contributed by atoms with Crippen molar-refractivity contribution in [2.45, 2.75) is 32.5 Å². The van der Waals surface area contributed by atoms with Crippen LogP contribution in [0.3, 0.4) is 0 Å². The number of pyridine rings is 1. The van der Waals surface area contributed by atoms with Crippen LogP contribution in [0.1, 0.15) is 47.4 Å². The van der Waals surface area contributed by atoms with E-state index in [9.17, 15) is 4.79 Å². The quantitative estimate of drug-likeness (QED) is 0.868. The van der Waals surface area contributed by atoms with Gasteiger partial charge in [-0.25, -0.2) is 4.98 Å². The summed E-state index contributed by atoms with van der Waals surface area (Å²) in [6, 6.07) is 7.48. The third-order valence-corrected chi connectivity index (χ3v) is 5.18. The van der Waals surface area contributed by atoms with Crippen LogP contribution in [-0.4, -0.2) is 58.3 Å². The smallest absolute Gasteiger partial charge is 0.274 e. The van der Waals surface area contributed by atoms with Gasteiger partial charge in [-0.05, 0) is 26.0 Å². The van der Waals surface area contributed by atoms with Crippen LogP contribution in [0.2, 0.25) is 0 Å². The molecule has 8 nitrogen and oxygen atoms in total. The van der Waals surface area contributed by atoms with E-state index in [1.165, 1.54) is 0 Å². The number of aromatic nitrogens is 3. The van der Waals surface area contributed by atoms with Crippen molar-refractivity contribution in [3.8, 4) is 6.07 Å². The third-order valence-electron chi connectivity index (χ3n) is 5.18. The van der Waals surface area contributed by atoms with Crippen molar-refractivity contribution in [1.29, 1.82) is 5.26 Å². The van der Waals surface area contributed by atoms with Crippen LogP contribution in [-0.2, 0) is 11.2 Å². The number of carbonyl (C=O) groups excluding carboxylic acids is 1. The van der Waals surface area contributed by atoms with Gasteiger partial charge in [-0.15, -0.1) is 0 Å². The Hall–Kier alpha value is -2.92. The van der Waals surface area contributed by atoms with E-state index in [-0.39, 0.29) is 18.1 Å². The first-order valence-electron chi connectivity index (χ1n) is 9.20. The van der Waals surface area contributed by atoms with Crippen molar-refractivity contribution >= 4 is 11.7 Å². The number of ether oxygens (including phenoxy) is 1. The van der Waals surface area contributed by atoms with E-state index in [1.807, 2.05) is 30.9 Å². The number of nitrogens with zero attached hydrogens (tertiary/aromatic N) is 5. The maximum atomic E-state index is 13.0. The summed E-state index contributed by atoms with van der Waals surface area (Å²) in [5, 5.41) is 16.3. The number of fused-ring (bicyclic) bond motifs is 1. The van der Waals surface area contributed by atoms with Crippen molar-refractivity contribution in [1.82, 2.24) is 20.1 Å². The van der Waals surface area contributed by atoms with Crippen LogP contribution in [0.15, 0.2) is 18.2 Å². The first-order chi connectivity index (χ1) is 13.1. The summed E-state index contributed by atoms with van der Waals surface area (Å²) in [5.74, 6) is 0.741. The molecule has 1 N–H and O–H groups in total. The number of aromatic amines is 1. The van der Waals surface area contributed by atoms with E-state index in [2.05, 4.69) is 26.2 Å². The molecule has 0 bridgehead atoms. The topological polar surface area (TPSA) is 98.1 Å². The van der Waals surface area contributed by atoms with Crippen molar-refractivity contribution < 1.29 is 9.53 Å². The zero-order chi connectivity index (χ0) is 19.0. The molecule has 1 amide bonds. The fraction of sp³-hybridized carbons (Fsp3) is 0.474. The highest BCUT2D eigenvalue weighted by molar-refractivity contribution is 5.94. The normalized spacial score (nSPS) is 22.3. The first kappa shape index (κ1) is 17.5. The molecule has 0 saturated carbocycles. The molecule has 1 saturated heterocycles. The molecule has 2 atom stereocenters. The zero-order valence-corrected chi connectivity index (χ0v) is 15.5. The van der Waals surface area contributed by atoms with E-state index < -0.39 is 0 Å². The van der Waals surface area contributed by atoms with Crippen molar-refractivity contribution in [3.63, 3.8) is 0 Å². The summed E-state index contributed by atoms with van der Waals surface area (Å²) in [4.78, 5) is 21.3. The molecular weight excluding hydrogens is 344 g/mol. The van der Waals surface area contributed by atoms with Crippen molar-refractivity contribution in [2.75, 3.05) is 31.1 Å². The van der Waals surface area contributed by atoms with E-state index in [0.717, 1.165) is 17.1 Å². The Balaban J connectivity index is 1.46. The minimum Gasteiger partial charge on any atom is -0.369 e. The molecule has 0 radical (unpaired) electrons. The SMILES string of the molecule is C[C@@H]1Cc2c(C(=O)N3CCN(c4cccc(C#N)n4)CC3)n[nH]c2[C@H](C)O1. The summed E-state index contributed by atoms with van der Waals surface area (Å²) in [5.41, 5.74) is 2.81. The third kappa shape index (κ3) is 3.26. The highest BCUT2D eigenvalue weighted by Crippen LogP contribution is 2.30. The molecule has 8 heteroatoms. The minimum atomic E-state index is -0.0758. The molecule has 4 rings (SSSR count). The minimum absolute atomic E-state index is 0.0350. The Morgan fingerprint density at radius 2 is 2.07 bits per heavy atom. The van der Waals surface area contributed by atoms with E-state index in [0.29, 0.717) is 44.0 Å². The Bertz CT molecular complexity index is 894. The van der Waals surface area contributed by atoms with Gasteiger partial charge in [0.2, 0.25) is 0 Å². The van der Waals surface area contributed by atoms with Gasteiger partial charge in [0.25, 0.3) is 5.91 Å². The lowest BCUT2D eigenvalue weighted by Gasteiger charge is -2.35. The second kappa shape index (κ2) is 7.00. The predicted octanol–water partition coefficient (Wildman–Crippen LogP) is 1.66. The van der Waals surface area contributed by atoms with Crippen LogP contribution in [0, 0.1) is 11.3 Å². The average molecular weight is 366 g/mol. The van der Waals surface area contributed by atoms with E-state index in [1.54, 1.807) is 6.07 Å². The van der Waals surface area contributed by atoms with Crippen LogP contribution >= 0.6 is 0 Å². The fourth-order valence-corrected chi connectivity index (χ4v) is 3.80. The Morgan fingerprint density at radius 1 is 1.30 bits per heavy atom. The fourth-order valence-electron chi connectivity index (χ4n) is 3.80. The summed E-state index contributed by atoms with van der Waals surface area (Å²) in [7, 11) is 0. The van der Waals surface area contributed by atoms with Crippen LogP contribution in [0.4, 0.5) is 5.82 Å². The Kier molecular flexibility index (Phi) is 4.54. The average Bonchev–Trinajstić information content (AvgIpc) is 3.11. The number of H-pyrrole nitrogens is 1. The van der Waals surface area contributed by atoms with Gasteiger partial charge >= 0.3 is 0 Å².